The molecule has 9 heteroatoms. The number of benzene rings is 3. The van der Waals surface area contributed by atoms with Gasteiger partial charge in [0.05, 0.1) is 22.2 Å². The highest BCUT2D eigenvalue weighted by Crippen LogP contribution is 2.40. The molecule has 0 N–H and O–H groups in total. The smallest absolute Gasteiger partial charge is 0.260 e. The maximum Gasteiger partial charge on any atom is 0.260 e. The summed E-state index contributed by atoms with van der Waals surface area (Å²) in [5, 5.41) is 0. The van der Waals surface area contributed by atoms with Crippen molar-refractivity contribution in [1.29, 1.82) is 0 Å². The van der Waals surface area contributed by atoms with Crippen LogP contribution in [0.5, 0.6) is 23.0 Å². The van der Waals surface area contributed by atoms with Gasteiger partial charge in [-0.05, 0) is 114 Å². The number of aliphatic imine (C=N–C) groups is 2. The molecule has 4 aliphatic rings. The lowest BCUT2D eigenvalue weighted by Gasteiger charge is -2.33. The Morgan fingerprint density at radius 3 is 1.31 bits per heavy atom. The van der Waals surface area contributed by atoms with Crippen LogP contribution in [0.2, 0.25) is 0 Å². The zero-order chi connectivity index (χ0) is 35.5. The number of pyridine rings is 2. The lowest BCUT2D eigenvalue weighted by molar-refractivity contribution is 0.0618. The number of fused-ring (bicyclic) bond motifs is 4. The van der Waals surface area contributed by atoms with Crippen LogP contribution in [-0.2, 0) is 9.47 Å². The van der Waals surface area contributed by atoms with Gasteiger partial charge in [0.2, 0.25) is 11.8 Å². The number of rotatable bonds is 4. The van der Waals surface area contributed by atoms with E-state index in [2.05, 4.69) is 114 Å². The average molecular weight is 675 g/mol. The largest absolute Gasteiger partial charge is 0.469 e. The van der Waals surface area contributed by atoms with Crippen LogP contribution < -0.4 is 25.9 Å². The molecule has 4 aliphatic heterocycles. The van der Waals surface area contributed by atoms with E-state index in [0.29, 0.717) is 11.8 Å². The van der Waals surface area contributed by atoms with Gasteiger partial charge < -0.3 is 18.9 Å². The summed E-state index contributed by atoms with van der Waals surface area (Å²) in [6.07, 6.45) is 7.40. The summed E-state index contributed by atoms with van der Waals surface area (Å²) in [6, 6.07) is 22.9. The van der Waals surface area contributed by atoms with E-state index in [9.17, 15) is 0 Å². The van der Waals surface area contributed by atoms with Gasteiger partial charge in [-0.15, -0.1) is 0 Å². The summed E-state index contributed by atoms with van der Waals surface area (Å²) in [7, 11) is 0. The Balaban J connectivity index is 1.13. The molecule has 0 spiro atoms. The van der Waals surface area contributed by atoms with Crippen LogP contribution in [0.1, 0.15) is 66.5 Å². The van der Waals surface area contributed by atoms with Gasteiger partial charge in [0.1, 0.15) is 34.2 Å². The fraction of sp³-hybridized carbons (Fsp3) is 0.286. The predicted octanol–water partition coefficient (Wildman–Crippen LogP) is 7.21. The summed E-state index contributed by atoms with van der Waals surface area (Å²) in [6.45, 7) is 16.5. The van der Waals surface area contributed by atoms with Gasteiger partial charge in [-0.25, -0.2) is 9.98 Å². The number of hydrogen-bond donors (Lipinski definition) is 0. The van der Waals surface area contributed by atoms with Gasteiger partial charge >= 0.3 is 0 Å². The van der Waals surface area contributed by atoms with Crippen molar-refractivity contribution < 1.29 is 18.9 Å². The van der Waals surface area contributed by atoms with Crippen molar-refractivity contribution in [2.24, 2.45) is 9.98 Å². The lowest BCUT2D eigenvalue weighted by Crippen LogP contribution is -2.57. The van der Waals surface area contributed by atoms with Gasteiger partial charge in [-0.1, -0.05) is 30.3 Å². The van der Waals surface area contributed by atoms with Gasteiger partial charge in [0, 0.05) is 41.4 Å². The molecule has 3 aromatic carbocycles. The fourth-order valence-electron chi connectivity index (χ4n) is 7.03. The Morgan fingerprint density at radius 2 is 0.902 bits per heavy atom. The van der Waals surface area contributed by atoms with Gasteiger partial charge in [0.25, 0.3) is 6.71 Å². The average Bonchev–Trinajstić information content (AvgIpc) is 3.47. The van der Waals surface area contributed by atoms with E-state index in [0.717, 1.165) is 72.8 Å². The molecule has 2 aromatic heterocycles. The highest BCUT2D eigenvalue weighted by Gasteiger charge is 2.47. The summed E-state index contributed by atoms with van der Waals surface area (Å²) < 4.78 is 25.7. The van der Waals surface area contributed by atoms with Gasteiger partial charge in [-0.2, -0.15) is 0 Å². The number of aromatic nitrogens is 2. The molecule has 0 bridgehead atoms. The Labute approximate surface area is 298 Å². The molecular formula is C42H39BN4O4. The molecule has 0 saturated carbocycles. The molecule has 0 atom stereocenters. The Bertz CT molecular complexity index is 2200. The zero-order valence-electron chi connectivity index (χ0n) is 30.2. The first-order valence-corrected chi connectivity index (χ1v) is 17.5. The van der Waals surface area contributed by atoms with E-state index in [4.69, 9.17) is 28.9 Å². The van der Waals surface area contributed by atoms with Crippen LogP contribution in [0.15, 0.2) is 102 Å². The SMILES string of the molecule is CC1(C)N=C(c2cncc(-c3ccc4c(c3)B3c5cc(-c6cncc(C7=NC(C)(C)C(C)(C)O7)c6)ccc5Oc5cccc(c53)O4)c2)OC1(C)C. The third-order valence-electron chi connectivity index (χ3n) is 11.4. The van der Waals surface area contributed by atoms with Crippen LogP contribution in [0.4, 0.5) is 0 Å². The topological polar surface area (TPSA) is 87.4 Å². The Kier molecular flexibility index (Phi) is 6.52. The first-order valence-electron chi connectivity index (χ1n) is 17.5. The molecule has 0 fully saturated rings. The first kappa shape index (κ1) is 31.5. The number of hydrogen-bond acceptors (Lipinski definition) is 8. The molecular weight excluding hydrogens is 635 g/mol. The highest BCUT2D eigenvalue weighted by molar-refractivity contribution is 6.98. The maximum atomic E-state index is 6.53. The van der Waals surface area contributed by atoms with Gasteiger partial charge in [-0.3, -0.25) is 9.97 Å². The molecule has 8 nitrogen and oxygen atoms in total. The molecule has 6 heterocycles. The summed E-state index contributed by atoms with van der Waals surface area (Å²) in [5.74, 6) is 4.44. The van der Waals surface area contributed by atoms with Crippen molar-refractivity contribution in [2.75, 3.05) is 0 Å². The highest BCUT2D eigenvalue weighted by atomic mass is 16.5. The van der Waals surface area contributed by atoms with Crippen molar-refractivity contribution in [2.45, 2.75) is 77.7 Å². The van der Waals surface area contributed by atoms with Crippen LogP contribution in [0.25, 0.3) is 22.3 Å². The molecule has 0 unspecified atom stereocenters. The number of ether oxygens (including phenoxy) is 4. The Morgan fingerprint density at radius 1 is 0.471 bits per heavy atom. The molecule has 0 radical (unpaired) electrons. The fourth-order valence-corrected chi connectivity index (χ4v) is 7.03. The van der Waals surface area contributed by atoms with Crippen molar-refractivity contribution in [3.63, 3.8) is 0 Å². The van der Waals surface area contributed by atoms with Crippen LogP contribution in [-0.4, -0.2) is 50.8 Å². The lowest BCUT2D eigenvalue weighted by atomic mass is 9.34. The van der Waals surface area contributed by atoms with Gasteiger partial charge in [0.15, 0.2) is 0 Å². The first-order chi connectivity index (χ1) is 24.2. The van der Waals surface area contributed by atoms with E-state index < -0.39 is 11.2 Å². The number of nitrogens with zero attached hydrogens (tertiary/aromatic N) is 4. The monoisotopic (exact) mass is 674 g/mol. The van der Waals surface area contributed by atoms with Crippen molar-refractivity contribution in [3.8, 4) is 45.3 Å². The molecule has 0 amide bonds. The van der Waals surface area contributed by atoms with Crippen LogP contribution in [0, 0.1) is 0 Å². The summed E-state index contributed by atoms with van der Waals surface area (Å²) in [4.78, 5) is 19.1. The van der Waals surface area contributed by atoms with E-state index in [-0.39, 0.29) is 17.8 Å². The minimum atomic E-state index is -0.425. The van der Waals surface area contributed by atoms with Crippen molar-refractivity contribution >= 4 is 34.9 Å². The minimum Gasteiger partial charge on any atom is -0.469 e. The maximum absolute atomic E-state index is 6.53. The third kappa shape index (κ3) is 4.88. The summed E-state index contributed by atoms with van der Waals surface area (Å²) >= 11 is 0. The molecule has 0 aliphatic carbocycles. The molecule has 0 saturated heterocycles. The molecule has 5 aromatic rings. The zero-order valence-corrected chi connectivity index (χ0v) is 30.2. The van der Waals surface area contributed by atoms with Crippen LogP contribution >= 0.6 is 0 Å². The van der Waals surface area contributed by atoms with E-state index >= 15 is 0 Å². The van der Waals surface area contributed by atoms with Crippen molar-refractivity contribution in [3.05, 3.63) is 103 Å². The van der Waals surface area contributed by atoms with E-state index in [1.165, 1.54) is 0 Å². The minimum absolute atomic E-state index is 0.121. The predicted molar refractivity (Wildman–Crippen MR) is 202 cm³/mol. The second kappa shape index (κ2) is 10.5. The van der Waals surface area contributed by atoms with Crippen molar-refractivity contribution in [1.82, 2.24) is 9.97 Å². The molecule has 254 valence electrons. The molecule has 51 heavy (non-hydrogen) atoms. The van der Waals surface area contributed by atoms with E-state index in [1.54, 1.807) is 0 Å². The third-order valence-corrected chi connectivity index (χ3v) is 11.4. The second-order valence-electron chi connectivity index (χ2n) is 15.9. The molecule has 9 rings (SSSR count). The Hall–Kier alpha value is -5.44. The van der Waals surface area contributed by atoms with E-state index in [1.807, 2.05) is 43.0 Å². The summed E-state index contributed by atoms with van der Waals surface area (Å²) in [5.41, 5.74) is 7.25. The normalized spacial score (nSPS) is 19.3. The standard InChI is InChI=1S/C42H39BN4O4/c1-39(2)41(5,6)50-37(46-39)28-16-26(20-44-22-28)24-12-14-32-30(18-24)43-31-19-25(13-15-33(31)49-35-11-9-10-34(48-32)36(35)43)27-17-29(23-45-21-27)38-47-40(3,4)42(7,8)51-38/h9-23H,1-8H3. The van der Waals surface area contributed by atoms with Crippen LogP contribution in [0.3, 0.4) is 0 Å². The second-order valence-corrected chi connectivity index (χ2v) is 15.9. The quantitative estimate of drug-likeness (QED) is 0.184.